The zero-order chi connectivity index (χ0) is 16.8. The molecule has 0 heterocycles. The van der Waals surface area contributed by atoms with Gasteiger partial charge in [-0.15, -0.1) is 0 Å². The van der Waals surface area contributed by atoms with Crippen molar-refractivity contribution in [1.82, 2.24) is 0 Å². The van der Waals surface area contributed by atoms with Gasteiger partial charge in [0.25, 0.3) is 0 Å². The van der Waals surface area contributed by atoms with Crippen LogP contribution in [0.15, 0.2) is 29.4 Å². The molecule has 2 N–H and O–H groups in total. The predicted octanol–water partition coefficient (Wildman–Crippen LogP) is 6.32. The summed E-state index contributed by atoms with van der Waals surface area (Å²) >= 11 is 6.01. The Bertz CT molecular complexity index is 546. The van der Waals surface area contributed by atoms with Crippen LogP contribution in [0.3, 0.4) is 0 Å². The standard InChI is InChI=1S/C20H29ClN2O/c21-18-7-4-8-19(14-18)22-20(23-24)13-15-9-11-17(12-10-15)16-5-2-1-3-6-16/h4,7-8,14-17,24H,1-3,5-6,9-13H2,(H,22,23). The second-order valence-corrected chi connectivity index (χ2v) is 8.00. The molecule has 3 rings (SSSR count). The van der Waals surface area contributed by atoms with Crippen molar-refractivity contribution in [3.63, 3.8) is 0 Å². The minimum Gasteiger partial charge on any atom is -0.409 e. The Morgan fingerprint density at radius 2 is 1.75 bits per heavy atom. The molecule has 0 aliphatic heterocycles. The van der Waals surface area contributed by atoms with Crippen molar-refractivity contribution >= 4 is 23.1 Å². The van der Waals surface area contributed by atoms with Gasteiger partial charge in [-0.25, -0.2) is 0 Å². The molecule has 2 saturated carbocycles. The number of anilines is 1. The SMILES string of the molecule is O/N=C(/CC1CCC(C2CCCCC2)CC1)Nc1cccc(Cl)c1. The van der Waals surface area contributed by atoms with Gasteiger partial charge < -0.3 is 10.5 Å². The fourth-order valence-electron chi connectivity index (χ4n) is 4.59. The topological polar surface area (TPSA) is 44.6 Å². The fraction of sp³-hybridized carbons (Fsp3) is 0.650. The lowest BCUT2D eigenvalue weighted by Gasteiger charge is -2.36. The summed E-state index contributed by atoms with van der Waals surface area (Å²) in [5, 5.41) is 16.7. The van der Waals surface area contributed by atoms with Crippen molar-refractivity contribution in [1.29, 1.82) is 0 Å². The first-order chi connectivity index (χ1) is 11.7. The molecule has 4 heteroatoms. The average Bonchev–Trinajstić information content (AvgIpc) is 2.62. The number of nitrogens with one attached hydrogen (secondary N) is 1. The van der Waals surface area contributed by atoms with Gasteiger partial charge in [-0.2, -0.15) is 0 Å². The van der Waals surface area contributed by atoms with Crippen LogP contribution in [0.25, 0.3) is 0 Å². The lowest BCUT2D eigenvalue weighted by atomic mass is 9.70. The van der Waals surface area contributed by atoms with Crippen molar-refractivity contribution in [2.75, 3.05) is 5.32 Å². The minimum absolute atomic E-state index is 0.627. The molecule has 0 atom stereocenters. The van der Waals surface area contributed by atoms with Crippen LogP contribution < -0.4 is 5.32 Å². The number of hydrogen-bond donors (Lipinski definition) is 2. The number of benzene rings is 1. The van der Waals surface area contributed by atoms with Crippen LogP contribution in [0.1, 0.15) is 64.2 Å². The predicted molar refractivity (Wildman–Crippen MR) is 101 cm³/mol. The smallest absolute Gasteiger partial charge is 0.146 e. The first-order valence-electron chi connectivity index (χ1n) is 9.48. The molecule has 2 fully saturated rings. The van der Waals surface area contributed by atoms with Gasteiger partial charge >= 0.3 is 0 Å². The lowest BCUT2D eigenvalue weighted by molar-refractivity contribution is 0.169. The third-order valence-electron chi connectivity index (χ3n) is 5.92. The molecule has 0 bridgehead atoms. The maximum atomic E-state index is 9.34. The highest BCUT2D eigenvalue weighted by Crippen LogP contribution is 2.40. The lowest BCUT2D eigenvalue weighted by Crippen LogP contribution is -2.26. The van der Waals surface area contributed by atoms with Crippen LogP contribution in [0.5, 0.6) is 0 Å². The zero-order valence-corrected chi connectivity index (χ0v) is 15.1. The highest BCUT2D eigenvalue weighted by molar-refractivity contribution is 6.30. The van der Waals surface area contributed by atoms with Crippen molar-refractivity contribution in [3.05, 3.63) is 29.3 Å². The Hall–Kier alpha value is -1.22. The van der Waals surface area contributed by atoms with Gasteiger partial charge in [0.1, 0.15) is 5.84 Å². The van der Waals surface area contributed by atoms with Gasteiger partial charge in [0.15, 0.2) is 0 Å². The molecule has 0 aromatic heterocycles. The summed E-state index contributed by atoms with van der Waals surface area (Å²) in [4.78, 5) is 0. The fourth-order valence-corrected chi connectivity index (χ4v) is 4.78. The van der Waals surface area contributed by atoms with Crippen LogP contribution in [0.4, 0.5) is 5.69 Å². The number of hydrogen-bond acceptors (Lipinski definition) is 2. The molecule has 1 aromatic carbocycles. The summed E-state index contributed by atoms with van der Waals surface area (Å²) in [6.45, 7) is 0. The number of halogens is 1. The molecule has 2 aliphatic carbocycles. The van der Waals surface area contributed by atoms with Crippen LogP contribution in [-0.2, 0) is 0 Å². The van der Waals surface area contributed by atoms with Gasteiger partial charge in [0.2, 0.25) is 0 Å². The molecular formula is C20H29ClN2O. The summed E-state index contributed by atoms with van der Waals surface area (Å²) < 4.78 is 0. The van der Waals surface area contributed by atoms with E-state index in [1.807, 2.05) is 24.3 Å². The van der Waals surface area contributed by atoms with E-state index in [4.69, 9.17) is 11.6 Å². The summed E-state index contributed by atoms with van der Waals surface area (Å²) in [5.74, 6) is 3.20. The first kappa shape index (κ1) is 17.6. The summed E-state index contributed by atoms with van der Waals surface area (Å²) in [7, 11) is 0. The molecule has 2 aliphatic rings. The van der Waals surface area contributed by atoms with Crippen LogP contribution in [-0.4, -0.2) is 11.0 Å². The van der Waals surface area contributed by atoms with Crippen molar-refractivity contribution < 1.29 is 5.21 Å². The van der Waals surface area contributed by atoms with Crippen molar-refractivity contribution in [3.8, 4) is 0 Å². The molecule has 0 radical (unpaired) electrons. The Morgan fingerprint density at radius 3 is 2.42 bits per heavy atom. The quantitative estimate of drug-likeness (QED) is 0.289. The molecule has 0 unspecified atom stereocenters. The molecular weight excluding hydrogens is 320 g/mol. The molecule has 1 aromatic rings. The number of rotatable bonds is 4. The second kappa shape index (κ2) is 8.75. The van der Waals surface area contributed by atoms with E-state index in [0.717, 1.165) is 23.9 Å². The van der Waals surface area contributed by atoms with E-state index in [2.05, 4.69) is 10.5 Å². The number of amidine groups is 1. The van der Waals surface area contributed by atoms with E-state index in [-0.39, 0.29) is 0 Å². The largest absolute Gasteiger partial charge is 0.409 e. The Morgan fingerprint density at radius 1 is 1.04 bits per heavy atom. The Balaban J connectivity index is 1.47. The summed E-state index contributed by atoms with van der Waals surface area (Å²) in [6, 6.07) is 7.54. The maximum Gasteiger partial charge on any atom is 0.146 e. The molecule has 0 amide bonds. The molecule has 0 saturated heterocycles. The Kier molecular flexibility index (Phi) is 6.42. The number of nitrogens with zero attached hydrogens (tertiary/aromatic N) is 1. The number of oxime groups is 1. The van der Waals surface area contributed by atoms with Crippen molar-refractivity contribution in [2.24, 2.45) is 22.9 Å². The van der Waals surface area contributed by atoms with Crippen LogP contribution in [0.2, 0.25) is 5.02 Å². The highest BCUT2D eigenvalue weighted by Gasteiger charge is 2.29. The minimum atomic E-state index is 0.627. The monoisotopic (exact) mass is 348 g/mol. The zero-order valence-electron chi connectivity index (χ0n) is 14.4. The molecule has 3 nitrogen and oxygen atoms in total. The van der Waals surface area contributed by atoms with Gasteiger partial charge in [0.05, 0.1) is 0 Å². The Labute approximate surface area is 150 Å². The first-order valence-corrected chi connectivity index (χ1v) is 9.86. The highest BCUT2D eigenvalue weighted by atomic mass is 35.5. The van der Waals surface area contributed by atoms with E-state index >= 15 is 0 Å². The van der Waals surface area contributed by atoms with Gasteiger partial charge in [-0.1, -0.05) is 54.9 Å². The van der Waals surface area contributed by atoms with E-state index in [1.54, 1.807) is 0 Å². The molecule has 132 valence electrons. The van der Waals surface area contributed by atoms with E-state index < -0.39 is 0 Å². The third-order valence-corrected chi connectivity index (χ3v) is 6.16. The molecule has 0 spiro atoms. The van der Waals surface area contributed by atoms with Crippen molar-refractivity contribution in [2.45, 2.75) is 64.2 Å². The van der Waals surface area contributed by atoms with Crippen LogP contribution >= 0.6 is 11.6 Å². The van der Waals surface area contributed by atoms with E-state index in [0.29, 0.717) is 16.8 Å². The van der Waals surface area contributed by atoms with Gasteiger partial charge in [-0.05, 0) is 61.6 Å². The normalized spacial score (nSPS) is 26.3. The summed E-state index contributed by atoms with van der Waals surface area (Å²) in [6.07, 6.45) is 13.3. The van der Waals surface area contributed by atoms with E-state index in [1.165, 1.54) is 57.8 Å². The van der Waals surface area contributed by atoms with E-state index in [9.17, 15) is 5.21 Å². The second-order valence-electron chi connectivity index (χ2n) is 7.57. The molecule has 24 heavy (non-hydrogen) atoms. The van der Waals surface area contributed by atoms with Crippen LogP contribution in [0, 0.1) is 17.8 Å². The van der Waals surface area contributed by atoms with Gasteiger partial charge in [0, 0.05) is 17.1 Å². The summed E-state index contributed by atoms with van der Waals surface area (Å²) in [5.41, 5.74) is 0.881. The maximum absolute atomic E-state index is 9.34. The average molecular weight is 349 g/mol. The third kappa shape index (κ3) is 4.89. The van der Waals surface area contributed by atoms with Gasteiger partial charge in [-0.3, -0.25) is 0 Å².